The van der Waals surface area contributed by atoms with Gasteiger partial charge in [0.05, 0.1) is 6.42 Å². The van der Waals surface area contributed by atoms with E-state index in [4.69, 9.17) is 4.42 Å². The second-order valence-corrected chi connectivity index (χ2v) is 9.00. The topological polar surface area (TPSA) is 93.4 Å². The van der Waals surface area contributed by atoms with Crippen LogP contribution in [0.4, 0.5) is 0 Å². The number of benzene rings is 1. The van der Waals surface area contributed by atoms with Gasteiger partial charge in [0.1, 0.15) is 5.75 Å². The lowest BCUT2D eigenvalue weighted by molar-refractivity contribution is -0.131. The number of amides is 1. The highest BCUT2D eigenvalue weighted by molar-refractivity contribution is 7.91. The molecule has 1 aliphatic heterocycles. The number of likely N-dealkylation sites (tertiary alicyclic amines) is 1. The van der Waals surface area contributed by atoms with Crippen LogP contribution in [-0.2, 0) is 21.1 Å². The summed E-state index contributed by atoms with van der Waals surface area (Å²) >= 11 is 0. The predicted octanol–water partition coefficient (Wildman–Crippen LogP) is 1.94. The van der Waals surface area contributed by atoms with E-state index < -0.39 is 26.7 Å². The summed E-state index contributed by atoms with van der Waals surface area (Å²) in [4.78, 5) is 14.1. The maximum absolute atomic E-state index is 12.5. The summed E-state index contributed by atoms with van der Waals surface area (Å²) in [6.07, 6.45) is 1.39. The fourth-order valence-electron chi connectivity index (χ4n) is 3.39. The van der Waals surface area contributed by atoms with Gasteiger partial charge in [-0.05, 0) is 23.8 Å². The van der Waals surface area contributed by atoms with Crippen molar-refractivity contribution in [1.29, 1.82) is 0 Å². The first-order valence-electron chi connectivity index (χ1n) is 8.70. The highest BCUT2D eigenvalue weighted by Crippen LogP contribution is 2.22. The number of carbonyl (C=O) groups excluding carboxylic acids is 1. The minimum atomic E-state index is -3.95. The quantitative estimate of drug-likeness (QED) is 0.790. The second-order valence-electron chi connectivity index (χ2n) is 7.13. The SMILES string of the molecule is CC1CC(C)CN(C(=O)CS(=O)(=O)c2nnc(Cc3ccccc3)o2)C1. The van der Waals surface area contributed by atoms with Gasteiger partial charge >= 0.3 is 5.22 Å². The number of hydrogen-bond donors (Lipinski definition) is 0. The molecule has 1 aromatic heterocycles. The van der Waals surface area contributed by atoms with Crippen LogP contribution in [0.15, 0.2) is 40.0 Å². The zero-order valence-corrected chi connectivity index (χ0v) is 15.8. The Hall–Kier alpha value is -2.22. The zero-order chi connectivity index (χ0) is 18.7. The molecule has 7 nitrogen and oxygen atoms in total. The molecule has 1 fully saturated rings. The molecule has 2 aromatic rings. The molecule has 0 spiro atoms. The first kappa shape index (κ1) is 18.6. The molecule has 2 atom stereocenters. The summed E-state index contributed by atoms with van der Waals surface area (Å²) in [5.41, 5.74) is 0.937. The minimum absolute atomic E-state index is 0.211. The molecule has 1 aliphatic rings. The Kier molecular flexibility index (Phi) is 5.41. The number of carbonyl (C=O) groups is 1. The van der Waals surface area contributed by atoms with Crippen molar-refractivity contribution in [3.05, 3.63) is 41.8 Å². The molecular formula is C18H23N3O4S. The van der Waals surface area contributed by atoms with Gasteiger partial charge in [0, 0.05) is 13.1 Å². The maximum Gasteiger partial charge on any atom is 0.336 e. The maximum atomic E-state index is 12.5. The molecule has 0 saturated carbocycles. The average molecular weight is 377 g/mol. The summed E-state index contributed by atoms with van der Waals surface area (Å²) in [6.45, 7) is 5.31. The van der Waals surface area contributed by atoms with Crippen molar-refractivity contribution in [2.75, 3.05) is 18.8 Å². The van der Waals surface area contributed by atoms with Crippen molar-refractivity contribution in [1.82, 2.24) is 15.1 Å². The summed E-state index contributed by atoms with van der Waals surface area (Å²) in [7, 11) is -3.95. The van der Waals surface area contributed by atoms with Crippen LogP contribution in [0.2, 0.25) is 0 Å². The third-order valence-corrected chi connectivity index (χ3v) is 5.77. The van der Waals surface area contributed by atoms with E-state index in [0.29, 0.717) is 31.3 Å². The van der Waals surface area contributed by atoms with Crippen molar-refractivity contribution in [2.45, 2.75) is 31.9 Å². The van der Waals surface area contributed by atoms with Crippen LogP contribution in [-0.4, -0.2) is 48.3 Å². The summed E-state index contributed by atoms with van der Waals surface area (Å²) in [6, 6.07) is 9.42. The largest absolute Gasteiger partial charge is 0.412 e. The van der Waals surface area contributed by atoms with E-state index in [2.05, 4.69) is 24.0 Å². The minimum Gasteiger partial charge on any atom is -0.412 e. The number of sulfone groups is 1. The normalized spacial score (nSPS) is 20.9. The highest BCUT2D eigenvalue weighted by atomic mass is 32.2. The van der Waals surface area contributed by atoms with Gasteiger partial charge in [0.2, 0.25) is 21.6 Å². The van der Waals surface area contributed by atoms with Gasteiger partial charge < -0.3 is 9.32 Å². The van der Waals surface area contributed by atoms with Crippen LogP contribution in [0.5, 0.6) is 0 Å². The Morgan fingerprint density at radius 3 is 2.46 bits per heavy atom. The van der Waals surface area contributed by atoms with Crippen molar-refractivity contribution in [2.24, 2.45) is 11.8 Å². The van der Waals surface area contributed by atoms with Gasteiger partial charge in [-0.25, -0.2) is 8.42 Å². The lowest BCUT2D eigenvalue weighted by Crippen LogP contribution is -2.44. The van der Waals surface area contributed by atoms with E-state index in [1.165, 1.54) is 0 Å². The monoisotopic (exact) mass is 377 g/mol. The van der Waals surface area contributed by atoms with Crippen LogP contribution in [0.1, 0.15) is 31.7 Å². The number of hydrogen-bond acceptors (Lipinski definition) is 6. The van der Waals surface area contributed by atoms with Crippen LogP contribution >= 0.6 is 0 Å². The Bertz CT molecular complexity index is 854. The predicted molar refractivity (Wildman–Crippen MR) is 95.1 cm³/mol. The molecule has 1 saturated heterocycles. The summed E-state index contributed by atoms with van der Waals surface area (Å²) in [5.74, 6) is -0.106. The molecular weight excluding hydrogens is 354 g/mol. The zero-order valence-electron chi connectivity index (χ0n) is 15.0. The molecule has 0 bridgehead atoms. The molecule has 2 heterocycles. The van der Waals surface area contributed by atoms with Crippen LogP contribution in [0, 0.1) is 11.8 Å². The molecule has 0 aliphatic carbocycles. The number of piperidine rings is 1. The second kappa shape index (κ2) is 7.57. The lowest BCUT2D eigenvalue weighted by atomic mass is 9.92. The first-order valence-corrected chi connectivity index (χ1v) is 10.4. The molecule has 3 rings (SSSR count). The van der Waals surface area contributed by atoms with Gasteiger partial charge in [-0.15, -0.1) is 5.10 Å². The smallest absolute Gasteiger partial charge is 0.336 e. The number of nitrogens with zero attached hydrogens (tertiary/aromatic N) is 3. The lowest BCUT2D eigenvalue weighted by Gasteiger charge is -2.34. The molecule has 140 valence electrons. The standard InChI is InChI=1S/C18H23N3O4S/c1-13-8-14(2)11-21(10-13)17(22)12-26(23,24)18-20-19-16(25-18)9-15-6-4-3-5-7-15/h3-7,13-14H,8-12H2,1-2H3. The Labute approximate surface area is 153 Å². The fraction of sp³-hybridized carbons (Fsp3) is 0.500. The Morgan fingerprint density at radius 1 is 1.15 bits per heavy atom. The first-order chi connectivity index (χ1) is 12.3. The van der Waals surface area contributed by atoms with E-state index in [1.807, 2.05) is 30.3 Å². The molecule has 26 heavy (non-hydrogen) atoms. The van der Waals surface area contributed by atoms with E-state index in [9.17, 15) is 13.2 Å². The summed E-state index contributed by atoms with van der Waals surface area (Å²) in [5, 5.41) is 6.95. The van der Waals surface area contributed by atoms with Crippen molar-refractivity contribution < 1.29 is 17.6 Å². The van der Waals surface area contributed by atoms with E-state index in [-0.39, 0.29) is 5.89 Å². The van der Waals surface area contributed by atoms with E-state index >= 15 is 0 Å². The van der Waals surface area contributed by atoms with Crippen molar-refractivity contribution in [3.8, 4) is 0 Å². The van der Waals surface area contributed by atoms with E-state index in [1.54, 1.807) is 4.90 Å². The van der Waals surface area contributed by atoms with Gasteiger partial charge in [-0.1, -0.05) is 49.3 Å². The van der Waals surface area contributed by atoms with Gasteiger partial charge in [-0.3, -0.25) is 4.79 Å². The average Bonchev–Trinajstić information content (AvgIpc) is 3.04. The highest BCUT2D eigenvalue weighted by Gasteiger charge is 2.31. The molecule has 2 unspecified atom stereocenters. The van der Waals surface area contributed by atoms with Crippen molar-refractivity contribution in [3.63, 3.8) is 0 Å². The Balaban J connectivity index is 1.67. The summed E-state index contributed by atoms with van der Waals surface area (Å²) < 4.78 is 30.2. The van der Waals surface area contributed by atoms with Crippen LogP contribution in [0.25, 0.3) is 0 Å². The molecule has 1 aromatic carbocycles. The van der Waals surface area contributed by atoms with Crippen LogP contribution < -0.4 is 0 Å². The van der Waals surface area contributed by atoms with E-state index in [0.717, 1.165) is 12.0 Å². The van der Waals surface area contributed by atoms with Crippen LogP contribution in [0.3, 0.4) is 0 Å². The number of aromatic nitrogens is 2. The van der Waals surface area contributed by atoms with Gasteiger partial charge in [0.15, 0.2) is 0 Å². The molecule has 0 N–H and O–H groups in total. The molecule has 8 heteroatoms. The van der Waals surface area contributed by atoms with Gasteiger partial charge in [-0.2, -0.15) is 0 Å². The third-order valence-electron chi connectivity index (χ3n) is 4.45. The van der Waals surface area contributed by atoms with Gasteiger partial charge in [0.25, 0.3) is 0 Å². The third kappa shape index (κ3) is 4.49. The Morgan fingerprint density at radius 2 is 1.81 bits per heavy atom. The number of rotatable bonds is 5. The molecule has 0 radical (unpaired) electrons. The fourth-order valence-corrected chi connectivity index (χ4v) is 4.41. The van der Waals surface area contributed by atoms with Crippen molar-refractivity contribution >= 4 is 15.7 Å². The molecule has 1 amide bonds.